The summed E-state index contributed by atoms with van der Waals surface area (Å²) < 4.78 is 0. The molecule has 0 aliphatic heterocycles. The van der Waals surface area contributed by atoms with Crippen molar-refractivity contribution in [3.63, 3.8) is 0 Å². The van der Waals surface area contributed by atoms with Crippen molar-refractivity contribution in [2.24, 2.45) is 0 Å². The molecule has 3 amide bonds. The van der Waals surface area contributed by atoms with E-state index in [1.165, 1.54) is 25.7 Å². The highest BCUT2D eigenvalue weighted by molar-refractivity contribution is 6.02. The first-order valence-electron chi connectivity index (χ1n) is 8.84. The number of aryl methyl sites for hydroxylation is 2. The Morgan fingerprint density at radius 2 is 1.79 bits per heavy atom. The quantitative estimate of drug-likeness (QED) is 0.829. The molecule has 1 aliphatic rings. The molecule has 0 unspecified atom stereocenters. The molecule has 1 aliphatic carbocycles. The summed E-state index contributed by atoms with van der Waals surface area (Å²) in [6.07, 6.45) is 7.30. The van der Waals surface area contributed by atoms with Gasteiger partial charge in [0.15, 0.2) is 0 Å². The van der Waals surface area contributed by atoms with Gasteiger partial charge in [0, 0.05) is 11.7 Å². The second kappa shape index (κ2) is 8.83. The fourth-order valence-corrected chi connectivity index (χ4v) is 3.33. The summed E-state index contributed by atoms with van der Waals surface area (Å²) in [5.41, 5.74) is 2.84. The number of carbonyl (C=O) groups is 2. The SMILES string of the molecule is Cc1ccc(NC(=O)NC(=O)CN(C)C2CCCCCC2)c(C)c1. The number of nitrogens with zero attached hydrogens (tertiary/aromatic N) is 1. The highest BCUT2D eigenvalue weighted by Crippen LogP contribution is 2.20. The molecule has 1 aromatic rings. The van der Waals surface area contributed by atoms with E-state index in [-0.39, 0.29) is 12.5 Å². The van der Waals surface area contributed by atoms with E-state index >= 15 is 0 Å². The molecule has 5 heteroatoms. The smallest absolute Gasteiger partial charge is 0.307 e. The molecule has 0 heterocycles. The molecule has 0 atom stereocenters. The van der Waals surface area contributed by atoms with E-state index < -0.39 is 6.03 Å². The number of imide groups is 1. The Morgan fingerprint density at radius 3 is 2.42 bits per heavy atom. The summed E-state index contributed by atoms with van der Waals surface area (Å²) >= 11 is 0. The van der Waals surface area contributed by atoms with Crippen molar-refractivity contribution in [3.8, 4) is 0 Å². The maximum atomic E-state index is 12.1. The van der Waals surface area contributed by atoms with Crippen LogP contribution in [0.4, 0.5) is 10.5 Å². The molecule has 0 bridgehead atoms. The molecule has 0 radical (unpaired) electrons. The van der Waals surface area contributed by atoms with Crippen LogP contribution in [0.5, 0.6) is 0 Å². The van der Waals surface area contributed by atoms with E-state index in [0.717, 1.165) is 29.7 Å². The fraction of sp³-hybridized carbons (Fsp3) is 0.579. The van der Waals surface area contributed by atoms with E-state index in [1.807, 2.05) is 39.1 Å². The van der Waals surface area contributed by atoms with E-state index in [9.17, 15) is 9.59 Å². The average Bonchev–Trinajstić information content (AvgIpc) is 2.79. The van der Waals surface area contributed by atoms with Gasteiger partial charge in [-0.15, -0.1) is 0 Å². The Hall–Kier alpha value is -1.88. The van der Waals surface area contributed by atoms with Crippen LogP contribution in [0.25, 0.3) is 0 Å². The van der Waals surface area contributed by atoms with Crippen molar-refractivity contribution in [1.82, 2.24) is 10.2 Å². The minimum atomic E-state index is -0.471. The van der Waals surface area contributed by atoms with Crippen LogP contribution in [0.1, 0.15) is 49.7 Å². The van der Waals surface area contributed by atoms with Crippen molar-refractivity contribution >= 4 is 17.6 Å². The zero-order chi connectivity index (χ0) is 17.5. The minimum Gasteiger partial charge on any atom is -0.307 e. The van der Waals surface area contributed by atoms with Gasteiger partial charge in [0.05, 0.1) is 6.54 Å². The van der Waals surface area contributed by atoms with Crippen molar-refractivity contribution in [2.75, 3.05) is 18.9 Å². The van der Waals surface area contributed by atoms with Gasteiger partial charge in [-0.1, -0.05) is 43.4 Å². The Balaban J connectivity index is 1.81. The van der Waals surface area contributed by atoms with Gasteiger partial charge in [-0.3, -0.25) is 15.0 Å². The lowest BCUT2D eigenvalue weighted by atomic mass is 10.1. The number of urea groups is 1. The monoisotopic (exact) mass is 331 g/mol. The van der Waals surface area contributed by atoms with Gasteiger partial charge in [-0.05, 0) is 45.4 Å². The second-order valence-corrected chi connectivity index (χ2v) is 6.88. The lowest BCUT2D eigenvalue weighted by molar-refractivity contribution is -0.121. The van der Waals surface area contributed by atoms with E-state index in [1.54, 1.807) is 0 Å². The Kier molecular flexibility index (Phi) is 6.79. The summed E-state index contributed by atoms with van der Waals surface area (Å²) in [6.45, 7) is 4.19. The lowest BCUT2D eigenvalue weighted by Crippen LogP contribution is -2.43. The number of likely N-dealkylation sites (N-methyl/N-ethyl adjacent to an activating group) is 1. The summed E-state index contributed by atoms with van der Waals surface area (Å²) in [6, 6.07) is 5.76. The third-order valence-corrected chi connectivity index (χ3v) is 4.72. The fourth-order valence-electron chi connectivity index (χ4n) is 3.33. The van der Waals surface area contributed by atoms with Crippen molar-refractivity contribution in [3.05, 3.63) is 29.3 Å². The Bertz CT molecular complexity index is 578. The van der Waals surface area contributed by atoms with Gasteiger partial charge >= 0.3 is 6.03 Å². The van der Waals surface area contributed by atoms with Crippen LogP contribution in [0.2, 0.25) is 0 Å². The van der Waals surface area contributed by atoms with Gasteiger partial charge in [-0.2, -0.15) is 0 Å². The number of carbonyl (C=O) groups excluding carboxylic acids is 2. The second-order valence-electron chi connectivity index (χ2n) is 6.88. The molecule has 5 nitrogen and oxygen atoms in total. The first-order chi connectivity index (χ1) is 11.5. The molecule has 1 fully saturated rings. The third-order valence-electron chi connectivity index (χ3n) is 4.72. The number of anilines is 1. The van der Waals surface area contributed by atoms with Crippen LogP contribution in [0.15, 0.2) is 18.2 Å². The van der Waals surface area contributed by atoms with E-state index in [2.05, 4.69) is 15.5 Å². The van der Waals surface area contributed by atoms with Gasteiger partial charge in [0.25, 0.3) is 0 Å². The Labute approximate surface area is 144 Å². The third kappa shape index (κ3) is 5.64. The molecule has 2 N–H and O–H groups in total. The molecular weight excluding hydrogens is 302 g/mol. The van der Waals surface area contributed by atoms with Crippen LogP contribution in [0.3, 0.4) is 0 Å². The molecule has 1 aromatic carbocycles. The largest absolute Gasteiger partial charge is 0.325 e. The zero-order valence-corrected chi connectivity index (χ0v) is 15.0. The average molecular weight is 331 g/mol. The molecule has 24 heavy (non-hydrogen) atoms. The van der Waals surface area contributed by atoms with Gasteiger partial charge < -0.3 is 5.32 Å². The van der Waals surface area contributed by atoms with Crippen LogP contribution in [-0.2, 0) is 4.79 Å². The maximum absolute atomic E-state index is 12.1. The van der Waals surface area contributed by atoms with Crippen LogP contribution >= 0.6 is 0 Å². The van der Waals surface area contributed by atoms with Gasteiger partial charge in [0.2, 0.25) is 5.91 Å². The van der Waals surface area contributed by atoms with Gasteiger partial charge in [-0.25, -0.2) is 4.79 Å². The number of hydrogen-bond acceptors (Lipinski definition) is 3. The normalized spacial score (nSPS) is 15.8. The predicted octanol–water partition coefficient (Wildman–Crippen LogP) is 3.61. The molecular formula is C19H29N3O2. The molecule has 2 rings (SSSR count). The zero-order valence-electron chi connectivity index (χ0n) is 15.0. The maximum Gasteiger partial charge on any atom is 0.325 e. The highest BCUT2D eigenvalue weighted by atomic mass is 16.2. The first-order valence-corrected chi connectivity index (χ1v) is 8.84. The van der Waals surface area contributed by atoms with Crippen molar-refractivity contribution in [1.29, 1.82) is 0 Å². The number of hydrogen-bond donors (Lipinski definition) is 2. The number of amides is 3. The molecule has 0 saturated heterocycles. The summed E-state index contributed by atoms with van der Waals surface area (Å²) in [5, 5.41) is 5.17. The standard InChI is InChI=1S/C19H29N3O2/c1-14-10-11-17(15(2)12-14)20-19(24)21-18(23)13-22(3)16-8-6-4-5-7-9-16/h10-12,16H,4-9,13H2,1-3H3,(H2,20,21,23,24). The van der Waals surface area contributed by atoms with Crippen LogP contribution in [0, 0.1) is 13.8 Å². The number of benzene rings is 1. The molecule has 132 valence electrons. The predicted molar refractivity (Wildman–Crippen MR) is 97.2 cm³/mol. The van der Waals surface area contributed by atoms with E-state index in [4.69, 9.17) is 0 Å². The molecule has 1 saturated carbocycles. The van der Waals surface area contributed by atoms with Crippen molar-refractivity contribution < 1.29 is 9.59 Å². The topological polar surface area (TPSA) is 61.4 Å². The summed E-state index contributed by atoms with van der Waals surface area (Å²) in [7, 11) is 1.97. The number of rotatable bonds is 4. The first kappa shape index (κ1) is 18.5. The molecule has 0 spiro atoms. The minimum absolute atomic E-state index is 0.255. The summed E-state index contributed by atoms with van der Waals surface area (Å²) in [5.74, 6) is -0.260. The van der Waals surface area contributed by atoms with Gasteiger partial charge in [0.1, 0.15) is 0 Å². The van der Waals surface area contributed by atoms with E-state index in [0.29, 0.717) is 6.04 Å². The van der Waals surface area contributed by atoms with Crippen LogP contribution in [-0.4, -0.2) is 36.5 Å². The highest BCUT2D eigenvalue weighted by Gasteiger charge is 2.19. The number of nitrogens with one attached hydrogen (secondary N) is 2. The summed E-state index contributed by atoms with van der Waals surface area (Å²) in [4.78, 5) is 26.2. The van der Waals surface area contributed by atoms with Crippen LogP contribution < -0.4 is 10.6 Å². The Morgan fingerprint density at radius 1 is 1.12 bits per heavy atom. The molecule has 0 aromatic heterocycles. The van der Waals surface area contributed by atoms with Crippen molar-refractivity contribution in [2.45, 2.75) is 58.4 Å². The lowest BCUT2D eigenvalue weighted by Gasteiger charge is -2.26.